The second kappa shape index (κ2) is 6.53. The third-order valence-electron chi connectivity index (χ3n) is 3.97. The molecular formula is C15H21ClFN. The van der Waals surface area contributed by atoms with Crippen molar-refractivity contribution in [3.8, 4) is 0 Å². The lowest BCUT2D eigenvalue weighted by molar-refractivity contribution is 0.280. The first-order valence-electron chi connectivity index (χ1n) is 6.84. The van der Waals surface area contributed by atoms with E-state index in [1.807, 2.05) is 0 Å². The van der Waals surface area contributed by atoms with E-state index < -0.39 is 0 Å². The van der Waals surface area contributed by atoms with Crippen LogP contribution < -0.4 is 5.32 Å². The Balaban J connectivity index is 1.84. The third kappa shape index (κ3) is 3.69. The van der Waals surface area contributed by atoms with Crippen LogP contribution in [0.2, 0.25) is 5.02 Å². The second-order valence-electron chi connectivity index (χ2n) is 5.32. The number of benzene rings is 1. The molecule has 0 amide bonds. The molecule has 0 radical (unpaired) electrons. The molecule has 0 aliphatic heterocycles. The van der Waals surface area contributed by atoms with Gasteiger partial charge >= 0.3 is 0 Å². The Hall–Kier alpha value is -0.600. The molecule has 1 aromatic rings. The minimum Gasteiger partial charge on any atom is -0.310 e. The number of rotatable bonds is 4. The Morgan fingerprint density at radius 2 is 2.06 bits per heavy atom. The highest BCUT2D eigenvalue weighted by atomic mass is 35.5. The van der Waals surface area contributed by atoms with Crippen LogP contribution in [0.1, 0.15) is 44.6 Å². The average molecular weight is 270 g/mol. The molecule has 1 nitrogen and oxygen atoms in total. The van der Waals surface area contributed by atoms with Gasteiger partial charge in [-0.15, -0.1) is 0 Å². The van der Waals surface area contributed by atoms with Gasteiger partial charge in [-0.25, -0.2) is 4.39 Å². The Labute approximate surface area is 114 Å². The molecule has 0 spiro atoms. The maximum Gasteiger partial charge on any atom is 0.141 e. The van der Waals surface area contributed by atoms with Crippen LogP contribution in [-0.2, 0) is 6.54 Å². The highest BCUT2D eigenvalue weighted by molar-refractivity contribution is 6.30. The van der Waals surface area contributed by atoms with Crippen LogP contribution in [0.3, 0.4) is 0 Å². The van der Waals surface area contributed by atoms with E-state index in [-0.39, 0.29) is 10.8 Å². The van der Waals surface area contributed by atoms with Crippen molar-refractivity contribution in [1.29, 1.82) is 0 Å². The molecule has 1 unspecified atom stereocenters. The standard InChI is InChI=1S/C15H21ClFN/c1-11(13-5-3-2-4-6-13)18-10-12-7-8-15(17)14(16)9-12/h7-9,11,13,18H,2-6,10H2,1H3. The molecule has 0 saturated heterocycles. The second-order valence-corrected chi connectivity index (χ2v) is 5.72. The van der Waals surface area contributed by atoms with E-state index in [0.29, 0.717) is 6.04 Å². The van der Waals surface area contributed by atoms with Crippen molar-refractivity contribution in [1.82, 2.24) is 5.32 Å². The van der Waals surface area contributed by atoms with Crippen molar-refractivity contribution in [3.05, 3.63) is 34.6 Å². The van der Waals surface area contributed by atoms with Crippen LogP contribution in [0.25, 0.3) is 0 Å². The van der Waals surface area contributed by atoms with Gasteiger partial charge in [-0.2, -0.15) is 0 Å². The van der Waals surface area contributed by atoms with Crippen molar-refractivity contribution in [2.24, 2.45) is 5.92 Å². The largest absolute Gasteiger partial charge is 0.310 e. The van der Waals surface area contributed by atoms with E-state index in [1.54, 1.807) is 12.1 Å². The summed E-state index contributed by atoms with van der Waals surface area (Å²) in [5.74, 6) is 0.440. The van der Waals surface area contributed by atoms with Crippen molar-refractivity contribution in [2.45, 2.75) is 51.6 Å². The van der Waals surface area contributed by atoms with Gasteiger partial charge in [-0.05, 0) is 43.4 Å². The summed E-state index contributed by atoms with van der Waals surface area (Å²) in [5.41, 5.74) is 1.05. The lowest BCUT2D eigenvalue weighted by atomic mass is 9.84. The molecule has 100 valence electrons. The number of nitrogens with one attached hydrogen (secondary N) is 1. The maximum absolute atomic E-state index is 13.0. The minimum absolute atomic E-state index is 0.208. The molecule has 1 aliphatic rings. The van der Waals surface area contributed by atoms with E-state index >= 15 is 0 Å². The van der Waals surface area contributed by atoms with Gasteiger partial charge in [-0.1, -0.05) is 36.9 Å². The number of halogens is 2. The van der Waals surface area contributed by atoms with Gasteiger partial charge in [-0.3, -0.25) is 0 Å². The quantitative estimate of drug-likeness (QED) is 0.846. The summed E-state index contributed by atoms with van der Waals surface area (Å²) >= 11 is 5.78. The summed E-state index contributed by atoms with van der Waals surface area (Å²) < 4.78 is 13.0. The molecule has 2 rings (SSSR count). The summed E-state index contributed by atoms with van der Waals surface area (Å²) in [5, 5.41) is 3.74. The van der Waals surface area contributed by atoms with Crippen LogP contribution in [0.15, 0.2) is 18.2 Å². The molecule has 0 aromatic heterocycles. The SMILES string of the molecule is CC(NCc1ccc(F)c(Cl)c1)C1CCCCC1. The topological polar surface area (TPSA) is 12.0 Å². The number of hydrogen-bond acceptors (Lipinski definition) is 1. The lowest BCUT2D eigenvalue weighted by Crippen LogP contribution is -2.34. The fourth-order valence-electron chi connectivity index (χ4n) is 2.73. The lowest BCUT2D eigenvalue weighted by Gasteiger charge is -2.28. The van der Waals surface area contributed by atoms with E-state index in [0.717, 1.165) is 18.0 Å². The maximum atomic E-state index is 13.0. The van der Waals surface area contributed by atoms with Crippen LogP contribution in [-0.4, -0.2) is 6.04 Å². The Morgan fingerprint density at radius 1 is 1.33 bits per heavy atom. The van der Waals surface area contributed by atoms with Crippen molar-refractivity contribution in [3.63, 3.8) is 0 Å². The highest BCUT2D eigenvalue weighted by Crippen LogP contribution is 2.26. The van der Waals surface area contributed by atoms with Gasteiger partial charge in [0.15, 0.2) is 0 Å². The first-order chi connectivity index (χ1) is 8.66. The van der Waals surface area contributed by atoms with Gasteiger partial charge in [0.2, 0.25) is 0 Å². The monoisotopic (exact) mass is 269 g/mol. The van der Waals surface area contributed by atoms with Crippen LogP contribution >= 0.6 is 11.6 Å². The van der Waals surface area contributed by atoms with Crippen LogP contribution in [0, 0.1) is 11.7 Å². The first kappa shape index (κ1) is 13.8. The van der Waals surface area contributed by atoms with E-state index in [2.05, 4.69) is 12.2 Å². The van der Waals surface area contributed by atoms with Crippen LogP contribution in [0.4, 0.5) is 4.39 Å². The zero-order valence-corrected chi connectivity index (χ0v) is 11.6. The smallest absolute Gasteiger partial charge is 0.141 e. The molecule has 1 atom stereocenters. The molecule has 18 heavy (non-hydrogen) atoms. The summed E-state index contributed by atoms with van der Waals surface area (Å²) in [7, 11) is 0. The van der Waals surface area contributed by atoms with E-state index in [4.69, 9.17) is 11.6 Å². The molecule has 1 fully saturated rings. The Morgan fingerprint density at radius 3 is 2.72 bits per heavy atom. The molecule has 1 saturated carbocycles. The third-order valence-corrected chi connectivity index (χ3v) is 4.26. The normalized spacial score (nSPS) is 18.8. The van der Waals surface area contributed by atoms with Crippen molar-refractivity contribution < 1.29 is 4.39 Å². The summed E-state index contributed by atoms with van der Waals surface area (Å²) in [6.45, 7) is 3.01. The molecule has 0 heterocycles. The van der Waals surface area contributed by atoms with Gasteiger partial charge in [0, 0.05) is 12.6 Å². The predicted molar refractivity (Wildman–Crippen MR) is 74.3 cm³/mol. The Kier molecular flexibility index (Phi) is 5.02. The zero-order chi connectivity index (χ0) is 13.0. The molecule has 1 aromatic carbocycles. The summed E-state index contributed by atoms with van der Waals surface area (Å²) in [4.78, 5) is 0. The molecular weight excluding hydrogens is 249 g/mol. The molecule has 3 heteroatoms. The first-order valence-corrected chi connectivity index (χ1v) is 7.22. The van der Waals surface area contributed by atoms with Gasteiger partial charge in [0.05, 0.1) is 5.02 Å². The summed E-state index contributed by atoms with van der Waals surface area (Å²) in [6.07, 6.45) is 6.77. The minimum atomic E-state index is -0.347. The predicted octanol–water partition coefficient (Wildman–Crippen LogP) is 4.54. The van der Waals surface area contributed by atoms with E-state index in [9.17, 15) is 4.39 Å². The summed E-state index contributed by atoms with van der Waals surface area (Å²) in [6, 6.07) is 5.46. The number of hydrogen-bond donors (Lipinski definition) is 1. The van der Waals surface area contributed by atoms with Gasteiger partial charge in [0.1, 0.15) is 5.82 Å². The van der Waals surface area contributed by atoms with Crippen molar-refractivity contribution in [2.75, 3.05) is 0 Å². The van der Waals surface area contributed by atoms with Crippen LogP contribution in [0.5, 0.6) is 0 Å². The van der Waals surface area contributed by atoms with Gasteiger partial charge in [0.25, 0.3) is 0 Å². The molecule has 1 aliphatic carbocycles. The van der Waals surface area contributed by atoms with Gasteiger partial charge < -0.3 is 5.32 Å². The molecule has 1 N–H and O–H groups in total. The fraction of sp³-hybridized carbons (Fsp3) is 0.600. The Bertz CT molecular complexity index is 388. The van der Waals surface area contributed by atoms with Crippen molar-refractivity contribution >= 4 is 11.6 Å². The highest BCUT2D eigenvalue weighted by Gasteiger charge is 2.19. The van der Waals surface area contributed by atoms with E-state index in [1.165, 1.54) is 38.2 Å². The average Bonchev–Trinajstić information content (AvgIpc) is 2.41. The fourth-order valence-corrected chi connectivity index (χ4v) is 2.93. The zero-order valence-electron chi connectivity index (χ0n) is 10.9. The molecule has 0 bridgehead atoms.